The summed E-state index contributed by atoms with van der Waals surface area (Å²) in [6, 6.07) is 7.31. The molecule has 0 fully saturated rings. The van der Waals surface area contributed by atoms with Crippen molar-refractivity contribution in [3.63, 3.8) is 0 Å². The second-order valence-electron chi connectivity index (χ2n) is 4.04. The fourth-order valence-corrected chi connectivity index (χ4v) is 2.47. The van der Waals surface area contributed by atoms with Gasteiger partial charge in [0.05, 0.1) is 5.69 Å². The molecule has 0 radical (unpaired) electrons. The van der Waals surface area contributed by atoms with Gasteiger partial charge in [-0.05, 0) is 37.6 Å². The van der Waals surface area contributed by atoms with Gasteiger partial charge in [0.2, 0.25) is 5.91 Å². The smallest absolute Gasteiger partial charge is 0.250 e. The average Bonchev–Trinajstić information content (AvgIpc) is 2.66. The van der Waals surface area contributed by atoms with E-state index in [0.29, 0.717) is 10.2 Å². The molecule has 0 aliphatic heterocycles. The lowest BCUT2D eigenvalue weighted by atomic mass is 10.2. The van der Waals surface area contributed by atoms with Crippen LogP contribution >= 0.6 is 22.9 Å². The zero-order chi connectivity index (χ0) is 13.8. The molecule has 1 aromatic heterocycles. The minimum atomic E-state index is -0.200. The van der Waals surface area contributed by atoms with Crippen molar-refractivity contribution < 1.29 is 4.79 Å². The molecule has 3 nitrogen and oxygen atoms in total. The topological polar surface area (TPSA) is 42.0 Å². The Hall–Kier alpha value is -1.65. The molecule has 0 unspecified atom stereocenters. The Balaban J connectivity index is 2.01. The summed E-state index contributed by atoms with van der Waals surface area (Å²) in [7, 11) is 0. The Bertz CT molecular complexity index is 615. The molecule has 0 aliphatic carbocycles. The molecule has 0 aliphatic rings. The highest BCUT2D eigenvalue weighted by atomic mass is 35.5. The predicted molar refractivity (Wildman–Crippen MR) is 80.7 cm³/mol. The molecule has 0 atom stereocenters. The lowest BCUT2D eigenvalue weighted by Crippen LogP contribution is -2.07. The van der Waals surface area contributed by atoms with Gasteiger partial charge in [0.25, 0.3) is 0 Å². The number of rotatable bonds is 3. The van der Waals surface area contributed by atoms with E-state index < -0.39 is 0 Å². The van der Waals surface area contributed by atoms with Crippen LogP contribution in [0.5, 0.6) is 0 Å². The first-order valence-corrected chi connectivity index (χ1v) is 6.93. The van der Waals surface area contributed by atoms with Crippen LogP contribution in [0, 0.1) is 13.8 Å². The average molecular weight is 293 g/mol. The summed E-state index contributed by atoms with van der Waals surface area (Å²) >= 11 is 7.34. The number of thiazole rings is 1. The molecule has 98 valence electrons. The van der Waals surface area contributed by atoms with Crippen molar-refractivity contribution in [3.05, 3.63) is 51.5 Å². The van der Waals surface area contributed by atoms with Crippen molar-refractivity contribution in [1.82, 2.24) is 4.98 Å². The number of hydrogen-bond acceptors (Lipinski definition) is 3. The summed E-state index contributed by atoms with van der Waals surface area (Å²) in [4.78, 5) is 17.1. The molecular weight excluding hydrogens is 280 g/mol. The molecule has 2 rings (SSSR count). The summed E-state index contributed by atoms with van der Waals surface area (Å²) < 4.78 is 0. The summed E-state index contributed by atoms with van der Waals surface area (Å²) in [5, 5.41) is 4.01. The number of hydrogen-bond donors (Lipinski definition) is 1. The summed E-state index contributed by atoms with van der Waals surface area (Å²) in [5.74, 6) is -0.200. The van der Waals surface area contributed by atoms with Crippen LogP contribution in [0.3, 0.4) is 0 Å². The van der Waals surface area contributed by atoms with Gasteiger partial charge in [-0.1, -0.05) is 23.7 Å². The van der Waals surface area contributed by atoms with Crippen molar-refractivity contribution in [2.24, 2.45) is 0 Å². The quantitative estimate of drug-likeness (QED) is 0.867. The zero-order valence-electron chi connectivity index (χ0n) is 10.6. The first kappa shape index (κ1) is 13.8. The maximum Gasteiger partial charge on any atom is 0.250 e. The van der Waals surface area contributed by atoms with Crippen LogP contribution < -0.4 is 5.32 Å². The molecule has 2 aromatic rings. The largest absolute Gasteiger partial charge is 0.298 e. The first-order valence-electron chi connectivity index (χ1n) is 5.73. The SMILES string of the molecule is Cc1nc(NC(=O)/C=C/c2cccc(Cl)c2)sc1C. The Morgan fingerprint density at radius 1 is 1.42 bits per heavy atom. The molecule has 1 aromatic carbocycles. The van der Waals surface area contributed by atoms with E-state index in [0.717, 1.165) is 16.1 Å². The van der Waals surface area contributed by atoms with Crippen LogP contribution in [-0.4, -0.2) is 10.9 Å². The van der Waals surface area contributed by atoms with Crippen LogP contribution in [0.1, 0.15) is 16.1 Å². The molecule has 19 heavy (non-hydrogen) atoms. The van der Waals surface area contributed by atoms with Gasteiger partial charge in [0.15, 0.2) is 5.13 Å². The number of carbonyl (C=O) groups excluding carboxylic acids is 1. The number of aromatic nitrogens is 1. The highest BCUT2D eigenvalue weighted by molar-refractivity contribution is 7.15. The highest BCUT2D eigenvalue weighted by Gasteiger charge is 2.05. The van der Waals surface area contributed by atoms with Crippen LogP contribution in [0.25, 0.3) is 6.08 Å². The zero-order valence-corrected chi connectivity index (χ0v) is 12.2. The van der Waals surface area contributed by atoms with Gasteiger partial charge in [0.1, 0.15) is 0 Å². The number of halogens is 1. The number of anilines is 1. The van der Waals surface area contributed by atoms with Crippen molar-refractivity contribution in [1.29, 1.82) is 0 Å². The predicted octanol–water partition coefficient (Wildman–Crippen LogP) is 4.07. The summed E-state index contributed by atoms with van der Waals surface area (Å²) in [5.41, 5.74) is 1.83. The number of nitrogens with zero attached hydrogens (tertiary/aromatic N) is 1. The van der Waals surface area contributed by atoms with Crippen molar-refractivity contribution in [2.45, 2.75) is 13.8 Å². The van der Waals surface area contributed by atoms with E-state index >= 15 is 0 Å². The minimum Gasteiger partial charge on any atom is -0.298 e. The third kappa shape index (κ3) is 3.91. The van der Waals surface area contributed by atoms with Crippen molar-refractivity contribution in [2.75, 3.05) is 5.32 Å². The van der Waals surface area contributed by atoms with E-state index in [2.05, 4.69) is 10.3 Å². The van der Waals surface area contributed by atoms with Crippen molar-refractivity contribution >= 4 is 40.1 Å². The normalized spacial score (nSPS) is 10.9. The van der Waals surface area contributed by atoms with E-state index in [4.69, 9.17) is 11.6 Å². The molecule has 0 spiro atoms. The standard InChI is InChI=1S/C14H13ClN2OS/c1-9-10(2)19-14(16-9)17-13(18)7-6-11-4-3-5-12(15)8-11/h3-8H,1-2H3,(H,16,17,18)/b7-6+. The van der Waals surface area contributed by atoms with E-state index in [1.165, 1.54) is 17.4 Å². The highest BCUT2D eigenvalue weighted by Crippen LogP contribution is 2.21. The fourth-order valence-electron chi connectivity index (χ4n) is 1.46. The minimum absolute atomic E-state index is 0.200. The van der Waals surface area contributed by atoms with E-state index in [1.807, 2.05) is 26.0 Å². The molecule has 1 N–H and O–H groups in total. The number of nitrogens with one attached hydrogen (secondary N) is 1. The van der Waals surface area contributed by atoms with Gasteiger partial charge in [-0.2, -0.15) is 0 Å². The fraction of sp³-hybridized carbons (Fsp3) is 0.143. The van der Waals surface area contributed by atoms with Gasteiger partial charge in [-0.3, -0.25) is 10.1 Å². The lowest BCUT2D eigenvalue weighted by molar-refractivity contribution is -0.111. The lowest BCUT2D eigenvalue weighted by Gasteiger charge is -1.96. The number of carbonyl (C=O) groups is 1. The molecule has 1 heterocycles. The molecule has 5 heteroatoms. The van der Waals surface area contributed by atoms with Crippen LogP contribution in [0.15, 0.2) is 30.3 Å². The number of benzene rings is 1. The summed E-state index contributed by atoms with van der Waals surface area (Å²) in [6.45, 7) is 3.90. The van der Waals surface area contributed by atoms with Gasteiger partial charge < -0.3 is 0 Å². The molecule has 0 saturated heterocycles. The Morgan fingerprint density at radius 2 is 2.21 bits per heavy atom. The third-order valence-electron chi connectivity index (χ3n) is 2.53. The third-order valence-corrected chi connectivity index (χ3v) is 3.76. The van der Waals surface area contributed by atoms with Gasteiger partial charge >= 0.3 is 0 Å². The van der Waals surface area contributed by atoms with E-state index in [-0.39, 0.29) is 5.91 Å². The Labute approximate surface area is 120 Å². The van der Waals surface area contributed by atoms with Crippen LogP contribution in [0.4, 0.5) is 5.13 Å². The molecule has 0 bridgehead atoms. The number of aryl methyl sites for hydroxylation is 2. The molecular formula is C14H13ClN2OS. The maximum absolute atomic E-state index is 11.7. The monoisotopic (exact) mass is 292 g/mol. The first-order chi connectivity index (χ1) is 9.04. The molecule has 1 amide bonds. The van der Waals surface area contributed by atoms with Gasteiger partial charge in [-0.25, -0.2) is 4.98 Å². The van der Waals surface area contributed by atoms with E-state index in [1.54, 1.807) is 18.2 Å². The maximum atomic E-state index is 11.7. The number of amides is 1. The molecule has 0 saturated carbocycles. The van der Waals surface area contributed by atoms with E-state index in [9.17, 15) is 4.79 Å². The second kappa shape index (κ2) is 5.99. The van der Waals surface area contributed by atoms with Crippen LogP contribution in [-0.2, 0) is 4.79 Å². The Morgan fingerprint density at radius 3 is 2.84 bits per heavy atom. The van der Waals surface area contributed by atoms with Gasteiger partial charge in [0, 0.05) is 16.0 Å². The van der Waals surface area contributed by atoms with Gasteiger partial charge in [-0.15, -0.1) is 11.3 Å². The summed E-state index contributed by atoms with van der Waals surface area (Å²) in [6.07, 6.45) is 3.19. The second-order valence-corrected chi connectivity index (χ2v) is 5.68. The van der Waals surface area contributed by atoms with Crippen LogP contribution in [0.2, 0.25) is 5.02 Å². The van der Waals surface area contributed by atoms with Crippen molar-refractivity contribution in [3.8, 4) is 0 Å². The Kier molecular flexibility index (Phi) is 4.35.